The summed E-state index contributed by atoms with van der Waals surface area (Å²) in [4.78, 5) is 22.6. The van der Waals surface area contributed by atoms with Crippen LogP contribution in [-0.2, 0) is 17.6 Å². The van der Waals surface area contributed by atoms with E-state index in [4.69, 9.17) is 14.5 Å². The number of nitrogens with zero attached hydrogens (tertiary/aromatic N) is 3. The van der Waals surface area contributed by atoms with Gasteiger partial charge in [0.05, 0.1) is 23.8 Å². The van der Waals surface area contributed by atoms with Crippen LogP contribution in [-0.4, -0.2) is 40.7 Å². The third-order valence-electron chi connectivity index (χ3n) is 7.64. The number of aliphatic carboxylic acids is 1. The molecule has 44 heavy (non-hydrogen) atoms. The van der Waals surface area contributed by atoms with Crippen LogP contribution in [0.2, 0.25) is 0 Å². The zero-order valence-corrected chi connectivity index (χ0v) is 24.6. The van der Waals surface area contributed by atoms with Crippen LogP contribution in [0, 0.1) is 12.8 Å². The van der Waals surface area contributed by atoms with Crippen LogP contribution < -0.4 is 14.4 Å². The number of piperidine rings is 1. The van der Waals surface area contributed by atoms with Gasteiger partial charge in [-0.05, 0) is 73.7 Å². The van der Waals surface area contributed by atoms with Crippen molar-refractivity contribution in [3.05, 3.63) is 89.6 Å². The second kappa shape index (κ2) is 13.4. The fourth-order valence-corrected chi connectivity index (χ4v) is 5.15. The van der Waals surface area contributed by atoms with Crippen molar-refractivity contribution in [3.63, 3.8) is 0 Å². The summed E-state index contributed by atoms with van der Waals surface area (Å²) in [5.41, 5.74) is 4.01. The summed E-state index contributed by atoms with van der Waals surface area (Å²) in [6.07, 6.45) is -0.819. The number of ether oxygens (including phenoxy) is 2. The molecular formula is C34H34F3N3O4. The number of carboxylic acid groups (broad SMARTS) is 1. The van der Waals surface area contributed by atoms with E-state index >= 15 is 0 Å². The van der Waals surface area contributed by atoms with Crippen molar-refractivity contribution in [3.8, 4) is 33.9 Å². The standard InChI is InChI=1S/C34H34F3N3O4/c1-3-18-43-31-20-25(23-7-9-27(10-8-23)34(35,36)37)5-6-26(31)21-44-30-11-4-22(2)19-28(30)29-12-15-38-33(39-29)40-16-13-24(14-17-40)32(41)42/h4-12,15,19-20,24H,3,13-14,16-18,21H2,1-2H3,(H,41,42). The van der Waals surface area contributed by atoms with E-state index in [-0.39, 0.29) is 12.5 Å². The molecule has 1 N–H and O–H groups in total. The molecule has 1 aromatic heterocycles. The summed E-state index contributed by atoms with van der Waals surface area (Å²) in [5, 5.41) is 9.33. The zero-order chi connectivity index (χ0) is 31.3. The molecule has 1 aliphatic heterocycles. The molecule has 7 nitrogen and oxygen atoms in total. The van der Waals surface area contributed by atoms with E-state index in [1.807, 2.05) is 61.2 Å². The fourth-order valence-electron chi connectivity index (χ4n) is 5.15. The van der Waals surface area contributed by atoms with Gasteiger partial charge in [-0.2, -0.15) is 13.2 Å². The number of benzene rings is 3. The summed E-state index contributed by atoms with van der Waals surface area (Å²) in [5.74, 6) is 0.665. The number of aryl methyl sites for hydroxylation is 1. The number of hydrogen-bond acceptors (Lipinski definition) is 6. The average Bonchev–Trinajstić information content (AvgIpc) is 3.03. The Morgan fingerprint density at radius 2 is 1.68 bits per heavy atom. The van der Waals surface area contributed by atoms with E-state index in [1.54, 1.807) is 6.20 Å². The molecule has 0 aliphatic carbocycles. The Kier molecular flexibility index (Phi) is 9.37. The van der Waals surface area contributed by atoms with Gasteiger partial charge in [0, 0.05) is 30.4 Å². The molecule has 1 saturated heterocycles. The Balaban J connectivity index is 1.37. The number of rotatable bonds is 10. The van der Waals surface area contributed by atoms with Crippen molar-refractivity contribution in [1.82, 2.24) is 9.97 Å². The van der Waals surface area contributed by atoms with Crippen LogP contribution in [0.4, 0.5) is 19.1 Å². The fraction of sp³-hybridized carbons (Fsp3) is 0.324. The molecule has 0 saturated carbocycles. The highest BCUT2D eigenvalue weighted by Gasteiger charge is 2.30. The molecule has 1 aliphatic rings. The zero-order valence-electron chi connectivity index (χ0n) is 24.6. The second-order valence-corrected chi connectivity index (χ2v) is 10.9. The van der Waals surface area contributed by atoms with Gasteiger partial charge in [0.1, 0.15) is 18.1 Å². The number of alkyl halides is 3. The van der Waals surface area contributed by atoms with Gasteiger partial charge in [-0.1, -0.05) is 42.8 Å². The minimum Gasteiger partial charge on any atom is -0.493 e. The molecule has 2 heterocycles. The summed E-state index contributed by atoms with van der Waals surface area (Å²) < 4.78 is 51.5. The first-order valence-corrected chi connectivity index (χ1v) is 14.6. The Labute approximate surface area is 254 Å². The molecule has 5 rings (SSSR count). The predicted molar refractivity (Wildman–Crippen MR) is 162 cm³/mol. The van der Waals surface area contributed by atoms with Gasteiger partial charge in [0.25, 0.3) is 0 Å². The predicted octanol–water partition coefficient (Wildman–Crippen LogP) is 7.81. The molecule has 0 spiro atoms. The average molecular weight is 606 g/mol. The molecule has 0 unspecified atom stereocenters. The van der Waals surface area contributed by atoms with E-state index in [2.05, 4.69) is 4.98 Å². The van der Waals surface area contributed by atoms with Crippen molar-refractivity contribution in [2.45, 2.75) is 45.9 Å². The van der Waals surface area contributed by atoms with Gasteiger partial charge in [0.15, 0.2) is 0 Å². The van der Waals surface area contributed by atoms with Gasteiger partial charge in [-0.15, -0.1) is 0 Å². The third-order valence-corrected chi connectivity index (χ3v) is 7.64. The number of carboxylic acids is 1. The van der Waals surface area contributed by atoms with Crippen molar-refractivity contribution in [1.29, 1.82) is 0 Å². The maximum atomic E-state index is 13.0. The third kappa shape index (κ3) is 7.30. The van der Waals surface area contributed by atoms with E-state index in [9.17, 15) is 23.1 Å². The Bertz CT molecular complexity index is 1600. The van der Waals surface area contributed by atoms with Crippen LogP contribution in [0.5, 0.6) is 11.5 Å². The molecule has 0 amide bonds. The molecule has 0 atom stereocenters. The molecule has 4 aromatic rings. The molecule has 230 valence electrons. The maximum absolute atomic E-state index is 13.0. The minimum absolute atomic E-state index is 0.197. The van der Waals surface area contributed by atoms with Crippen LogP contribution >= 0.6 is 0 Å². The number of anilines is 1. The smallest absolute Gasteiger partial charge is 0.416 e. The lowest BCUT2D eigenvalue weighted by molar-refractivity contribution is -0.142. The lowest BCUT2D eigenvalue weighted by atomic mass is 9.97. The number of halogens is 3. The van der Waals surface area contributed by atoms with Gasteiger partial charge in [-0.25, -0.2) is 9.97 Å². The van der Waals surface area contributed by atoms with E-state index < -0.39 is 17.7 Å². The van der Waals surface area contributed by atoms with Crippen molar-refractivity contribution < 1.29 is 32.5 Å². The number of hydrogen-bond donors (Lipinski definition) is 1. The summed E-state index contributed by atoms with van der Waals surface area (Å²) in [7, 11) is 0. The van der Waals surface area contributed by atoms with Crippen molar-refractivity contribution >= 4 is 11.9 Å². The Morgan fingerprint density at radius 3 is 2.36 bits per heavy atom. The van der Waals surface area contributed by atoms with E-state index in [0.29, 0.717) is 61.2 Å². The van der Waals surface area contributed by atoms with Crippen molar-refractivity contribution in [2.24, 2.45) is 5.92 Å². The number of carbonyl (C=O) groups is 1. The minimum atomic E-state index is -4.39. The lowest BCUT2D eigenvalue weighted by Crippen LogP contribution is -2.37. The monoisotopic (exact) mass is 605 g/mol. The summed E-state index contributed by atoms with van der Waals surface area (Å²) in [6, 6.07) is 18.3. The second-order valence-electron chi connectivity index (χ2n) is 10.9. The van der Waals surface area contributed by atoms with Crippen LogP contribution in [0.25, 0.3) is 22.4 Å². The van der Waals surface area contributed by atoms with Crippen LogP contribution in [0.1, 0.15) is 42.9 Å². The highest BCUT2D eigenvalue weighted by Crippen LogP contribution is 2.35. The van der Waals surface area contributed by atoms with E-state index in [0.717, 1.165) is 40.8 Å². The molecular weight excluding hydrogens is 571 g/mol. The lowest BCUT2D eigenvalue weighted by Gasteiger charge is -2.30. The first-order chi connectivity index (χ1) is 21.1. The van der Waals surface area contributed by atoms with E-state index in [1.165, 1.54) is 12.1 Å². The summed E-state index contributed by atoms with van der Waals surface area (Å²) >= 11 is 0. The Morgan fingerprint density at radius 1 is 0.955 bits per heavy atom. The molecule has 0 radical (unpaired) electrons. The van der Waals surface area contributed by atoms with Gasteiger partial charge >= 0.3 is 12.1 Å². The summed E-state index contributed by atoms with van der Waals surface area (Å²) in [6.45, 7) is 5.80. The SMILES string of the molecule is CCCOc1cc(-c2ccc(C(F)(F)F)cc2)ccc1COc1ccc(C)cc1-c1ccnc(N2CCC(C(=O)O)CC2)n1. The molecule has 1 fully saturated rings. The largest absolute Gasteiger partial charge is 0.493 e. The first kappa shape index (κ1) is 30.8. The van der Waals surface area contributed by atoms with Crippen molar-refractivity contribution in [2.75, 3.05) is 24.6 Å². The Hall–Kier alpha value is -4.60. The molecule has 0 bridgehead atoms. The topological polar surface area (TPSA) is 84.8 Å². The van der Waals surface area contributed by atoms with Gasteiger partial charge in [0.2, 0.25) is 5.95 Å². The van der Waals surface area contributed by atoms with Crippen LogP contribution in [0.3, 0.4) is 0 Å². The van der Waals surface area contributed by atoms with Gasteiger partial charge in [-0.3, -0.25) is 4.79 Å². The molecule has 10 heteroatoms. The number of aromatic nitrogens is 2. The molecule has 3 aromatic carbocycles. The maximum Gasteiger partial charge on any atom is 0.416 e. The normalized spacial score (nSPS) is 14.0. The quantitative estimate of drug-likeness (QED) is 0.197. The van der Waals surface area contributed by atoms with Gasteiger partial charge < -0.3 is 19.5 Å². The highest BCUT2D eigenvalue weighted by molar-refractivity contribution is 5.71. The first-order valence-electron chi connectivity index (χ1n) is 14.6. The van der Waals surface area contributed by atoms with Crippen LogP contribution in [0.15, 0.2) is 72.9 Å². The highest BCUT2D eigenvalue weighted by atomic mass is 19.4.